The highest BCUT2D eigenvalue weighted by atomic mass is 16.7. The van der Waals surface area contributed by atoms with Gasteiger partial charge in [-0.2, -0.15) is 0 Å². The minimum atomic E-state index is -1.84. The van der Waals surface area contributed by atoms with Crippen LogP contribution < -0.4 is 4.90 Å². The topological polar surface area (TPSA) is 66.8 Å². The van der Waals surface area contributed by atoms with Gasteiger partial charge in [-0.3, -0.25) is 4.79 Å². The number of para-hydroxylation sites is 1. The Labute approximate surface area is 120 Å². The number of amides is 1. The van der Waals surface area contributed by atoms with E-state index >= 15 is 0 Å². The molecule has 0 radical (unpaired) electrons. The molecule has 0 spiro atoms. The fourth-order valence-corrected chi connectivity index (χ4v) is 4.57. The Bertz CT molecular complexity index is 727. The third-order valence-electron chi connectivity index (χ3n) is 5.33. The predicted octanol–water partition coefficient (Wildman–Crippen LogP) is 1.29. The zero-order chi connectivity index (χ0) is 14.4. The van der Waals surface area contributed by atoms with Crippen LogP contribution in [0.25, 0.3) is 0 Å². The molecule has 2 heterocycles. The van der Waals surface area contributed by atoms with Crippen LogP contribution in [0.15, 0.2) is 36.4 Å². The van der Waals surface area contributed by atoms with Crippen molar-refractivity contribution in [3.63, 3.8) is 0 Å². The third kappa shape index (κ3) is 1.14. The van der Waals surface area contributed by atoms with Gasteiger partial charge >= 0.3 is 11.9 Å². The number of fused-ring (bicyclic) bond motifs is 9. The van der Waals surface area contributed by atoms with Gasteiger partial charge in [-0.25, -0.2) is 9.69 Å². The molecule has 0 unspecified atom stereocenters. The van der Waals surface area contributed by atoms with Gasteiger partial charge in [-0.05, 0) is 30.4 Å². The monoisotopic (exact) mass is 283 g/mol. The van der Waals surface area contributed by atoms with E-state index in [0.717, 1.165) is 6.42 Å². The molecule has 2 bridgehead atoms. The first-order valence-corrected chi connectivity index (χ1v) is 7.18. The molecule has 1 N–H and O–H groups in total. The highest BCUT2D eigenvalue weighted by molar-refractivity contribution is 6.08. The molecular formula is C16H13NO4. The highest BCUT2D eigenvalue weighted by Crippen LogP contribution is 2.60. The van der Waals surface area contributed by atoms with Crippen LogP contribution >= 0.6 is 0 Å². The first-order chi connectivity index (χ1) is 10.1. The molecule has 2 aliphatic heterocycles. The maximum absolute atomic E-state index is 12.8. The Morgan fingerprint density at radius 3 is 2.81 bits per heavy atom. The Morgan fingerprint density at radius 2 is 1.95 bits per heavy atom. The fraction of sp³-hybridized carbons (Fsp3) is 0.375. The lowest BCUT2D eigenvalue weighted by molar-refractivity contribution is -0.196. The van der Waals surface area contributed by atoms with Crippen LogP contribution in [-0.2, 0) is 9.53 Å². The average Bonchev–Trinajstić information content (AvgIpc) is 3.12. The Balaban J connectivity index is 1.74. The normalized spacial score (nSPS) is 41.9. The van der Waals surface area contributed by atoms with Crippen molar-refractivity contribution in [2.24, 2.45) is 23.7 Å². The molecule has 2 aliphatic carbocycles. The van der Waals surface area contributed by atoms with E-state index < -0.39 is 11.9 Å². The van der Waals surface area contributed by atoms with Crippen LogP contribution in [0, 0.1) is 23.7 Å². The molecule has 4 aliphatic rings. The molecule has 21 heavy (non-hydrogen) atoms. The second-order valence-electron chi connectivity index (χ2n) is 6.24. The van der Waals surface area contributed by atoms with E-state index in [4.69, 9.17) is 4.74 Å². The molecule has 5 rings (SSSR count). The fourth-order valence-electron chi connectivity index (χ4n) is 4.57. The maximum Gasteiger partial charge on any atom is 0.344 e. The number of ether oxygens (including phenoxy) is 1. The summed E-state index contributed by atoms with van der Waals surface area (Å²) in [5.41, 5.74) is 0.783. The summed E-state index contributed by atoms with van der Waals surface area (Å²) in [6.45, 7) is 0. The highest BCUT2D eigenvalue weighted by Gasteiger charge is 2.70. The van der Waals surface area contributed by atoms with Gasteiger partial charge in [0.2, 0.25) is 5.91 Å². The van der Waals surface area contributed by atoms with Crippen LogP contribution in [0.2, 0.25) is 0 Å². The van der Waals surface area contributed by atoms with Crippen LogP contribution in [0.4, 0.5) is 5.69 Å². The molecule has 1 saturated heterocycles. The molecule has 1 saturated carbocycles. The summed E-state index contributed by atoms with van der Waals surface area (Å²) in [6, 6.07) is 6.78. The van der Waals surface area contributed by atoms with E-state index in [1.165, 1.54) is 4.90 Å². The van der Waals surface area contributed by atoms with Gasteiger partial charge in [0.25, 0.3) is 0 Å². The number of benzene rings is 1. The number of carbonyl (C=O) groups excluding carboxylic acids is 2. The van der Waals surface area contributed by atoms with E-state index in [1.54, 1.807) is 24.3 Å². The summed E-state index contributed by atoms with van der Waals surface area (Å²) in [4.78, 5) is 26.3. The average molecular weight is 283 g/mol. The number of carbonyl (C=O) groups is 2. The minimum Gasteiger partial charge on any atom is -0.409 e. The molecule has 5 nitrogen and oxygen atoms in total. The number of aliphatic hydroxyl groups is 1. The minimum absolute atomic E-state index is 0.0945. The van der Waals surface area contributed by atoms with Crippen molar-refractivity contribution in [1.29, 1.82) is 0 Å². The number of nitrogens with zero attached hydrogens (tertiary/aromatic N) is 1. The van der Waals surface area contributed by atoms with Gasteiger partial charge in [-0.1, -0.05) is 24.3 Å². The first-order valence-electron chi connectivity index (χ1n) is 7.18. The van der Waals surface area contributed by atoms with Gasteiger partial charge < -0.3 is 9.84 Å². The summed E-state index contributed by atoms with van der Waals surface area (Å²) in [7, 11) is 0. The number of hydrogen-bond donors (Lipinski definition) is 1. The largest absolute Gasteiger partial charge is 0.409 e. The van der Waals surface area contributed by atoms with Crippen molar-refractivity contribution in [3.05, 3.63) is 42.0 Å². The number of hydrogen-bond acceptors (Lipinski definition) is 4. The summed E-state index contributed by atoms with van der Waals surface area (Å²) >= 11 is 0. The molecule has 106 valence electrons. The van der Waals surface area contributed by atoms with Crippen molar-refractivity contribution >= 4 is 17.6 Å². The molecule has 1 aromatic carbocycles. The van der Waals surface area contributed by atoms with Crippen molar-refractivity contribution in [2.75, 3.05) is 4.90 Å². The van der Waals surface area contributed by atoms with Crippen LogP contribution in [0.3, 0.4) is 0 Å². The van der Waals surface area contributed by atoms with Gasteiger partial charge in [0, 0.05) is 0 Å². The van der Waals surface area contributed by atoms with Gasteiger partial charge in [0.1, 0.15) is 0 Å². The summed E-state index contributed by atoms with van der Waals surface area (Å²) in [5, 5.41) is 11.0. The second-order valence-corrected chi connectivity index (χ2v) is 6.24. The number of allylic oxidation sites excluding steroid dienone is 2. The summed E-state index contributed by atoms with van der Waals surface area (Å²) < 4.78 is 5.35. The molecule has 5 heteroatoms. The summed E-state index contributed by atoms with van der Waals surface area (Å²) in [5.74, 6) is -2.95. The standard InChI is InChI=1S/C16H13NO4/c18-14-12-8-5-6-9(7-8)13(12)16(20)17(14)11-4-2-1-3-10(11)15(19)21-16/h1-6,8-9,12-13,20H,7H2/t8-,9+,12+,13+,16-/m1/s1. The lowest BCUT2D eigenvalue weighted by Crippen LogP contribution is -2.57. The first kappa shape index (κ1) is 11.5. The predicted molar refractivity (Wildman–Crippen MR) is 72.0 cm³/mol. The Kier molecular flexibility index (Phi) is 1.84. The molecular weight excluding hydrogens is 270 g/mol. The number of esters is 1. The quantitative estimate of drug-likeness (QED) is 0.575. The van der Waals surface area contributed by atoms with Crippen LogP contribution in [0.5, 0.6) is 0 Å². The van der Waals surface area contributed by atoms with Gasteiger partial charge in [0.05, 0.1) is 23.1 Å². The van der Waals surface area contributed by atoms with E-state index in [2.05, 4.69) is 6.08 Å². The van der Waals surface area contributed by atoms with Gasteiger partial charge in [0.15, 0.2) is 0 Å². The molecule has 1 amide bonds. The van der Waals surface area contributed by atoms with Crippen molar-refractivity contribution in [2.45, 2.75) is 12.3 Å². The van der Waals surface area contributed by atoms with Crippen molar-refractivity contribution in [1.82, 2.24) is 0 Å². The third-order valence-corrected chi connectivity index (χ3v) is 5.33. The molecule has 2 fully saturated rings. The number of rotatable bonds is 0. The van der Waals surface area contributed by atoms with Crippen LogP contribution in [0.1, 0.15) is 16.8 Å². The summed E-state index contributed by atoms with van der Waals surface area (Å²) in [6.07, 6.45) is 4.95. The van der Waals surface area contributed by atoms with E-state index in [9.17, 15) is 14.7 Å². The Morgan fingerprint density at radius 1 is 1.19 bits per heavy atom. The van der Waals surface area contributed by atoms with Crippen molar-refractivity contribution < 1.29 is 19.4 Å². The van der Waals surface area contributed by atoms with E-state index in [1.807, 2.05) is 6.08 Å². The maximum atomic E-state index is 12.8. The lowest BCUT2D eigenvalue weighted by Gasteiger charge is -2.41. The molecule has 5 atom stereocenters. The van der Waals surface area contributed by atoms with Gasteiger partial charge in [-0.15, -0.1) is 0 Å². The lowest BCUT2D eigenvalue weighted by atomic mass is 9.83. The smallest absolute Gasteiger partial charge is 0.344 e. The zero-order valence-electron chi connectivity index (χ0n) is 11.1. The van der Waals surface area contributed by atoms with Crippen LogP contribution in [-0.4, -0.2) is 22.9 Å². The SMILES string of the molecule is O=C1O[C@]2(O)[C@@H]3[C@@H](C(=O)N2c2ccccc21)[C@@H]1C=C[C@H]3C1. The van der Waals surface area contributed by atoms with E-state index in [-0.39, 0.29) is 29.6 Å². The molecule has 0 aromatic heterocycles. The van der Waals surface area contributed by atoms with E-state index in [0.29, 0.717) is 11.3 Å². The Hall–Kier alpha value is -2.14. The number of anilines is 1. The zero-order valence-corrected chi connectivity index (χ0v) is 11.1. The molecule has 1 aromatic rings. The second kappa shape index (κ2) is 3.36. The van der Waals surface area contributed by atoms with Crippen molar-refractivity contribution in [3.8, 4) is 0 Å².